The molecule has 1 aliphatic heterocycles. The van der Waals surface area contributed by atoms with E-state index in [0.29, 0.717) is 24.2 Å². The van der Waals surface area contributed by atoms with E-state index in [9.17, 15) is 23.8 Å². The van der Waals surface area contributed by atoms with Gasteiger partial charge in [-0.05, 0) is 44.9 Å². The zero-order valence-corrected chi connectivity index (χ0v) is 20.6. The maximum atomic E-state index is 14.3. The highest BCUT2D eigenvalue weighted by Gasteiger charge is 2.44. The summed E-state index contributed by atoms with van der Waals surface area (Å²) in [5.74, 6) is -3.80. The number of rotatable bonds is 7. The largest absolute Gasteiger partial charge is 0.396 e. The molecule has 1 aromatic carbocycles. The Morgan fingerprint density at radius 3 is 2.71 bits per heavy atom. The van der Waals surface area contributed by atoms with Gasteiger partial charge in [-0.3, -0.25) is 9.13 Å². The van der Waals surface area contributed by atoms with Crippen molar-refractivity contribution < 1.29 is 19.0 Å². The predicted octanol–water partition coefficient (Wildman–Crippen LogP) is 3.14. The monoisotopic (exact) mass is 510 g/mol. The molecule has 2 aromatic heterocycles. The zero-order valence-electron chi connectivity index (χ0n) is 19.8. The second kappa shape index (κ2) is 9.36. The van der Waals surface area contributed by atoms with Gasteiger partial charge in [0.05, 0.1) is 36.0 Å². The van der Waals surface area contributed by atoms with Crippen LogP contribution in [0.3, 0.4) is 0 Å². The fourth-order valence-electron chi connectivity index (χ4n) is 4.21. The Hall–Kier alpha value is -2.76. The number of fused-ring (bicyclic) bond motifs is 1. The highest BCUT2D eigenvalue weighted by molar-refractivity contribution is 6.32. The number of anilines is 3. The Labute approximate surface area is 206 Å². The van der Waals surface area contributed by atoms with Gasteiger partial charge in [0.15, 0.2) is 5.82 Å². The minimum Gasteiger partial charge on any atom is -0.396 e. The fourth-order valence-corrected chi connectivity index (χ4v) is 4.34. The summed E-state index contributed by atoms with van der Waals surface area (Å²) in [6.07, 6.45) is 1.86. The number of alkyl halides is 2. The van der Waals surface area contributed by atoms with Crippen molar-refractivity contribution in [2.75, 3.05) is 29.9 Å². The molecule has 0 aliphatic carbocycles. The van der Waals surface area contributed by atoms with Crippen LogP contribution < -0.4 is 15.9 Å². The Balaban J connectivity index is 1.62. The van der Waals surface area contributed by atoms with Crippen LogP contribution in [0.4, 0.5) is 26.2 Å². The van der Waals surface area contributed by atoms with Crippen LogP contribution in [0.2, 0.25) is 5.02 Å². The fraction of sp³-hybridized carbons (Fsp3) is 0.522. The van der Waals surface area contributed by atoms with E-state index < -0.39 is 30.6 Å². The number of aryl methyl sites for hydroxylation is 2. The minimum absolute atomic E-state index is 0.107. The van der Waals surface area contributed by atoms with Gasteiger partial charge in [-0.2, -0.15) is 4.98 Å². The number of hydrogen-bond acceptors (Lipinski definition) is 7. The van der Waals surface area contributed by atoms with Crippen LogP contribution in [0.15, 0.2) is 29.2 Å². The Morgan fingerprint density at radius 2 is 2.06 bits per heavy atom. The number of nitrogens with zero attached hydrogens (tertiary/aromatic N) is 5. The van der Waals surface area contributed by atoms with Crippen molar-refractivity contribution in [2.45, 2.75) is 44.8 Å². The standard InChI is InChI=1S/C23H29ClF2N6O3/c1-22(2,35)7-9-32-18-10-15(4-5-17(18)30(3)21(32)34)28-19-16(24)11-27-20(29-19)31-8-6-14(12-33)23(25,26)13-31/h4-5,10-11,14,33,35H,6-9,12-13H2,1-3H3,(H,27,28,29). The van der Waals surface area contributed by atoms with Gasteiger partial charge in [0, 0.05) is 31.7 Å². The molecule has 0 saturated carbocycles. The van der Waals surface area contributed by atoms with Crippen molar-refractivity contribution in [1.82, 2.24) is 19.1 Å². The van der Waals surface area contributed by atoms with Crippen LogP contribution in [-0.4, -0.2) is 60.5 Å². The third kappa shape index (κ3) is 5.26. The van der Waals surface area contributed by atoms with E-state index in [0.717, 1.165) is 5.52 Å². The summed E-state index contributed by atoms with van der Waals surface area (Å²) < 4.78 is 31.8. The number of aromatic nitrogens is 4. The van der Waals surface area contributed by atoms with Gasteiger partial charge in [0.1, 0.15) is 5.02 Å². The third-order valence-corrected chi connectivity index (χ3v) is 6.61. The molecular weight excluding hydrogens is 482 g/mol. The van der Waals surface area contributed by atoms with E-state index >= 15 is 0 Å². The summed E-state index contributed by atoms with van der Waals surface area (Å²) in [4.78, 5) is 22.6. The molecule has 35 heavy (non-hydrogen) atoms. The smallest absolute Gasteiger partial charge is 0.328 e. The minimum atomic E-state index is -3.06. The number of aliphatic hydroxyl groups is 2. The van der Waals surface area contributed by atoms with E-state index in [-0.39, 0.29) is 35.4 Å². The molecule has 0 amide bonds. The molecule has 1 fully saturated rings. The molecule has 1 saturated heterocycles. The van der Waals surface area contributed by atoms with Crippen LogP contribution in [-0.2, 0) is 13.6 Å². The summed E-state index contributed by atoms with van der Waals surface area (Å²) in [6, 6.07) is 5.33. The summed E-state index contributed by atoms with van der Waals surface area (Å²) in [5, 5.41) is 22.6. The second-order valence-electron chi connectivity index (χ2n) is 9.60. The molecule has 190 valence electrons. The average molecular weight is 511 g/mol. The van der Waals surface area contributed by atoms with Crippen LogP contribution >= 0.6 is 11.6 Å². The van der Waals surface area contributed by atoms with Crippen LogP contribution in [0, 0.1) is 5.92 Å². The molecule has 0 radical (unpaired) electrons. The number of benzene rings is 1. The van der Waals surface area contributed by atoms with Crippen molar-refractivity contribution in [3.05, 3.63) is 39.9 Å². The van der Waals surface area contributed by atoms with Crippen molar-refractivity contribution in [2.24, 2.45) is 13.0 Å². The summed E-state index contributed by atoms with van der Waals surface area (Å²) in [7, 11) is 1.68. The lowest BCUT2D eigenvalue weighted by atomic mass is 9.94. The third-order valence-electron chi connectivity index (χ3n) is 6.34. The Kier molecular flexibility index (Phi) is 6.78. The first-order valence-corrected chi connectivity index (χ1v) is 11.7. The first-order valence-electron chi connectivity index (χ1n) is 11.3. The molecule has 4 rings (SSSR count). The van der Waals surface area contributed by atoms with Gasteiger partial charge in [0.2, 0.25) is 5.95 Å². The Bertz CT molecular complexity index is 1290. The molecule has 3 N–H and O–H groups in total. The molecule has 0 bridgehead atoms. The van der Waals surface area contributed by atoms with E-state index in [2.05, 4.69) is 15.3 Å². The molecule has 3 aromatic rings. The highest BCUT2D eigenvalue weighted by atomic mass is 35.5. The summed E-state index contributed by atoms with van der Waals surface area (Å²) in [5.41, 5.74) is 0.861. The second-order valence-corrected chi connectivity index (χ2v) is 10.0. The SMILES string of the molecule is Cn1c(=O)n(CCC(C)(C)O)c2cc(Nc3nc(N4CCC(CO)C(F)(F)C4)ncc3Cl)ccc21. The predicted molar refractivity (Wildman–Crippen MR) is 131 cm³/mol. The van der Waals surface area contributed by atoms with Gasteiger partial charge in [-0.1, -0.05) is 11.6 Å². The van der Waals surface area contributed by atoms with E-state index in [1.165, 1.54) is 15.7 Å². The highest BCUT2D eigenvalue weighted by Crippen LogP contribution is 2.35. The van der Waals surface area contributed by atoms with Crippen LogP contribution in [0.25, 0.3) is 11.0 Å². The van der Waals surface area contributed by atoms with Crippen LogP contribution in [0.5, 0.6) is 0 Å². The molecule has 0 spiro atoms. The molecular formula is C23H29ClF2N6O3. The Morgan fingerprint density at radius 1 is 1.31 bits per heavy atom. The first-order chi connectivity index (χ1) is 16.4. The summed E-state index contributed by atoms with van der Waals surface area (Å²) >= 11 is 6.29. The number of aliphatic hydroxyl groups excluding tert-OH is 1. The average Bonchev–Trinajstić information content (AvgIpc) is 3.02. The summed E-state index contributed by atoms with van der Waals surface area (Å²) in [6.45, 7) is 2.83. The van der Waals surface area contributed by atoms with Gasteiger partial charge in [-0.15, -0.1) is 0 Å². The van der Waals surface area contributed by atoms with E-state index in [1.807, 2.05) is 0 Å². The van der Waals surface area contributed by atoms with E-state index in [4.69, 9.17) is 11.6 Å². The van der Waals surface area contributed by atoms with Crippen molar-refractivity contribution in [3.8, 4) is 0 Å². The van der Waals surface area contributed by atoms with Gasteiger partial charge in [0.25, 0.3) is 5.92 Å². The number of hydrogen-bond donors (Lipinski definition) is 3. The molecule has 3 heterocycles. The lowest BCUT2D eigenvalue weighted by molar-refractivity contribution is -0.0821. The van der Waals surface area contributed by atoms with Gasteiger partial charge < -0.3 is 20.4 Å². The molecule has 12 heteroatoms. The number of piperidine rings is 1. The van der Waals surface area contributed by atoms with Crippen molar-refractivity contribution >= 4 is 40.1 Å². The molecule has 1 aliphatic rings. The lowest BCUT2D eigenvalue weighted by Gasteiger charge is -2.37. The zero-order chi connectivity index (χ0) is 25.5. The number of halogens is 3. The van der Waals surface area contributed by atoms with Gasteiger partial charge >= 0.3 is 5.69 Å². The van der Waals surface area contributed by atoms with Crippen molar-refractivity contribution in [1.29, 1.82) is 0 Å². The lowest BCUT2D eigenvalue weighted by Crippen LogP contribution is -2.50. The normalized spacial score (nSPS) is 18.3. The van der Waals surface area contributed by atoms with Crippen LogP contribution in [0.1, 0.15) is 26.7 Å². The first kappa shape index (κ1) is 25.3. The van der Waals surface area contributed by atoms with Crippen molar-refractivity contribution in [3.63, 3.8) is 0 Å². The molecule has 9 nitrogen and oxygen atoms in total. The molecule has 1 unspecified atom stereocenters. The van der Waals surface area contributed by atoms with Gasteiger partial charge in [-0.25, -0.2) is 18.6 Å². The number of nitrogens with one attached hydrogen (secondary N) is 1. The maximum Gasteiger partial charge on any atom is 0.328 e. The molecule has 1 atom stereocenters. The van der Waals surface area contributed by atoms with E-state index in [1.54, 1.807) is 43.7 Å². The quantitative estimate of drug-likeness (QED) is 0.448. The topological polar surface area (TPSA) is 108 Å². The number of imidazole rings is 1. The maximum absolute atomic E-state index is 14.3.